The SMILES string of the molecule is CCNC(c1cc(OC)c(OC)cc1Cl)C(C)(C)C. The van der Waals surface area contributed by atoms with Crippen LogP contribution in [0.3, 0.4) is 0 Å². The van der Waals surface area contributed by atoms with Gasteiger partial charge in [-0.15, -0.1) is 0 Å². The first kappa shape index (κ1) is 16.1. The number of halogens is 1. The summed E-state index contributed by atoms with van der Waals surface area (Å²) in [5.41, 5.74) is 1.09. The van der Waals surface area contributed by atoms with Crippen molar-refractivity contribution in [2.24, 2.45) is 5.41 Å². The molecule has 19 heavy (non-hydrogen) atoms. The van der Waals surface area contributed by atoms with Gasteiger partial charge in [0, 0.05) is 17.1 Å². The van der Waals surface area contributed by atoms with Gasteiger partial charge in [0.2, 0.25) is 0 Å². The average Bonchev–Trinajstić information content (AvgIpc) is 2.34. The van der Waals surface area contributed by atoms with Gasteiger partial charge in [-0.2, -0.15) is 0 Å². The first-order valence-corrected chi connectivity index (χ1v) is 6.87. The summed E-state index contributed by atoms with van der Waals surface area (Å²) < 4.78 is 10.6. The van der Waals surface area contributed by atoms with E-state index >= 15 is 0 Å². The Morgan fingerprint density at radius 3 is 2.11 bits per heavy atom. The van der Waals surface area contributed by atoms with Crippen molar-refractivity contribution in [1.82, 2.24) is 5.32 Å². The lowest BCUT2D eigenvalue weighted by molar-refractivity contribution is 0.275. The van der Waals surface area contributed by atoms with Crippen molar-refractivity contribution in [3.05, 3.63) is 22.7 Å². The van der Waals surface area contributed by atoms with Gasteiger partial charge in [0.05, 0.1) is 14.2 Å². The maximum absolute atomic E-state index is 6.40. The summed E-state index contributed by atoms with van der Waals surface area (Å²) in [5, 5.41) is 4.18. The van der Waals surface area contributed by atoms with Gasteiger partial charge in [0.15, 0.2) is 11.5 Å². The minimum Gasteiger partial charge on any atom is -0.493 e. The Kier molecular flexibility index (Phi) is 5.50. The lowest BCUT2D eigenvalue weighted by atomic mass is 9.82. The summed E-state index contributed by atoms with van der Waals surface area (Å²) in [6.07, 6.45) is 0. The minimum atomic E-state index is 0.0548. The maximum atomic E-state index is 6.40. The zero-order valence-corrected chi connectivity index (χ0v) is 13.4. The second kappa shape index (κ2) is 6.49. The molecule has 0 fully saturated rings. The van der Waals surface area contributed by atoms with Crippen molar-refractivity contribution in [3.8, 4) is 11.5 Å². The summed E-state index contributed by atoms with van der Waals surface area (Å²) in [5.74, 6) is 1.36. The van der Waals surface area contributed by atoms with Crippen LogP contribution in [0.25, 0.3) is 0 Å². The number of rotatable bonds is 5. The molecule has 1 rings (SSSR count). The van der Waals surface area contributed by atoms with Crippen LogP contribution < -0.4 is 14.8 Å². The van der Waals surface area contributed by atoms with Gasteiger partial charge in [0.25, 0.3) is 0 Å². The molecular formula is C15H24ClNO2. The zero-order valence-electron chi connectivity index (χ0n) is 12.6. The molecule has 4 heteroatoms. The predicted molar refractivity (Wildman–Crippen MR) is 80.4 cm³/mol. The predicted octanol–water partition coefficient (Wildman–Crippen LogP) is 4.05. The van der Waals surface area contributed by atoms with E-state index in [1.165, 1.54) is 0 Å². The highest BCUT2D eigenvalue weighted by atomic mass is 35.5. The summed E-state index contributed by atoms with van der Waals surface area (Å²) in [6, 6.07) is 3.93. The molecule has 3 nitrogen and oxygen atoms in total. The Morgan fingerprint density at radius 2 is 1.68 bits per heavy atom. The molecule has 0 aliphatic carbocycles. The fourth-order valence-electron chi connectivity index (χ4n) is 2.18. The third-order valence-corrected chi connectivity index (χ3v) is 3.42. The Balaban J connectivity index is 3.30. The molecule has 1 aromatic rings. The van der Waals surface area contributed by atoms with Crippen molar-refractivity contribution < 1.29 is 9.47 Å². The quantitative estimate of drug-likeness (QED) is 0.885. The highest BCUT2D eigenvalue weighted by Gasteiger charge is 2.28. The zero-order chi connectivity index (χ0) is 14.6. The largest absolute Gasteiger partial charge is 0.493 e. The fourth-order valence-corrected chi connectivity index (χ4v) is 2.44. The van der Waals surface area contributed by atoms with Gasteiger partial charge < -0.3 is 14.8 Å². The molecule has 1 aromatic carbocycles. The van der Waals surface area contributed by atoms with Crippen LogP contribution in [0.4, 0.5) is 0 Å². The van der Waals surface area contributed by atoms with E-state index in [4.69, 9.17) is 21.1 Å². The number of benzene rings is 1. The van der Waals surface area contributed by atoms with Crippen LogP contribution in [0.5, 0.6) is 11.5 Å². The Bertz CT molecular complexity index is 427. The van der Waals surface area contributed by atoms with Crippen LogP contribution in [-0.4, -0.2) is 20.8 Å². The van der Waals surface area contributed by atoms with E-state index in [1.54, 1.807) is 14.2 Å². The fraction of sp³-hybridized carbons (Fsp3) is 0.600. The second-order valence-electron chi connectivity index (χ2n) is 5.59. The average molecular weight is 286 g/mol. The van der Waals surface area contributed by atoms with E-state index in [0.29, 0.717) is 16.5 Å². The lowest BCUT2D eigenvalue weighted by Crippen LogP contribution is -2.32. The van der Waals surface area contributed by atoms with E-state index < -0.39 is 0 Å². The van der Waals surface area contributed by atoms with Crippen LogP contribution in [0.15, 0.2) is 12.1 Å². The van der Waals surface area contributed by atoms with Crippen molar-refractivity contribution >= 4 is 11.6 Å². The Labute approximate surface area is 121 Å². The highest BCUT2D eigenvalue weighted by Crippen LogP contribution is 2.41. The molecule has 0 spiro atoms. The summed E-state index contributed by atoms with van der Waals surface area (Å²) >= 11 is 6.40. The summed E-state index contributed by atoms with van der Waals surface area (Å²) in [7, 11) is 3.24. The molecule has 1 N–H and O–H groups in total. The topological polar surface area (TPSA) is 30.5 Å². The molecule has 0 saturated heterocycles. The van der Waals surface area contributed by atoms with Gasteiger partial charge in [-0.05, 0) is 23.6 Å². The van der Waals surface area contributed by atoms with Crippen molar-refractivity contribution in [2.45, 2.75) is 33.7 Å². The lowest BCUT2D eigenvalue weighted by Gasteiger charge is -2.32. The highest BCUT2D eigenvalue weighted by molar-refractivity contribution is 6.31. The minimum absolute atomic E-state index is 0.0548. The van der Waals surface area contributed by atoms with Crippen LogP contribution in [0, 0.1) is 5.41 Å². The monoisotopic (exact) mass is 285 g/mol. The first-order valence-electron chi connectivity index (χ1n) is 6.50. The van der Waals surface area contributed by atoms with Gasteiger partial charge in [-0.25, -0.2) is 0 Å². The van der Waals surface area contributed by atoms with E-state index in [9.17, 15) is 0 Å². The van der Waals surface area contributed by atoms with E-state index in [0.717, 1.165) is 12.1 Å². The van der Waals surface area contributed by atoms with Crippen LogP contribution in [0.2, 0.25) is 5.02 Å². The van der Waals surface area contributed by atoms with Crippen LogP contribution >= 0.6 is 11.6 Å². The number of nitrogens with one attached hydrogen (secondary N) is 1. The number of methoxy groups -OCH3 is 2. The number of hydrogen-bond donors (Lipinski definition) is 1. The van der Waals surface area contributed by atoms with E-state index in [-0.39, 0.29) is 11.5 Å². The standard InChI is InChI=1S/C15H24ClNO2/c1-7-17-14(15(2,3)4)10-8-12(18-5)13(19-6)9-11(10)16/h8-9,14,17H,7H2,1-6H3. The van der Waals surface area contributed by atoms with Gasteiger partial charge in [-0.1, -0.05) is 39.3 Å². The molecule has 0 aliphatic rings. The molecule has 0 radical (unpaired) electrons. The normalized spacial score (nSPS) is 13.2. The molecule has 0 heterocycles. The molecule has 108 valence electrons. The second-order valence-corrected chi connectivity index (χ2v) is 5.99. The molecule has 1 unspecified atom stereocenters. The molecule has 0 saturated carbocycles. The molecule has 1 atom stereocenters. The molecule has 0 aliphatic heterocycles. The van der Waals surface area contributed by atoms with Crippen molar-refractivity contribution in [3.63, 3.8) is 0 Å². The summed E-state index contributed by atoms with van der Waals surface area (Å²) in [4.78, 5) is 0. The Morgan fingerprint density at radius 1 is 1.16 bits per heavy atom. The van der Waals surface area contributed by atoms with Crippen molar-refractivity contribution in [1.29, 1.82) is 0 Å². The van der Waals surface area contributed by atoms with Crippen LogP contribution in [0.1, 0.15) is 39.3 Å². The van der Waals surface area contributed by atoms with Gasteiger partial charge in [-0.3, -0.25) is 0 Å². The maximum Gasteiger partial charge on any atom is 0.162 e. The molecule has 0 bridgehead atoms. The summed E-state index contributed by atoms with van der Waals surface area (Å²) in [6.45, 7) is 9.54. The van der Waals surface area contributed by atoms with Crippen LogP contribution in [-0.2, 0) is 0 Å². The molecule has 0 aromatic heterocycles. The number of hydrogen-bond acceptors (Lipinski definition) is 3. The van der Waals surface area contributed by atoms with Gasteiger partial charge in [0.1, 0.15) is 0 Å². The Hall–Kier alpha value is -0.930. The number of ether oxygens (including phenoxy) is 2. The third-order valence-electron chi connectivity index (χ3n) is 3.09. The first-order chi connectivity index (χ1) is 8.85. The smallest absolute Gasteiger partial charge is 0.162 e. The van der Waals surface area contributed by atoms with E-state index in [1.807, 2.05) is 12.1 Å². The molecular weight excluding hydrogens is 262 g/mol. The van der Waals surface area contributed by atoms with E-state index in [2.05, 4.69) is 33.0 Å². The van der Waals surface area contributed by atoms with Crippen molar-refractivity contribution in [2.75, 3.05) is 20.8 Å². The molecule has 0 amide bonds. The third kappa shape index (κ3) is 3.77. The van der Waals surface area contributed by atoms with Gasteiger partial charge >= 0.3 is 0 Å².